The molecule has 2 atom stereocenters. The van der Waals surface area contributed by atoms with Crippen molar-refractivity contribution in [2.24, 2.45) is 5.41 Å². The molecule has 1 unspecified atom stereocenters. The zero-order valence-corrected chi connectivity index (χ0v) is 11.2. The summed E-state index contributed by atoms with van der Waals surface area (Å²) < 4.78 is 0.755. The lowest BCUT2D eigenvalue weighted by atomic mass is 9.73. The van der Waals surface area contributed by atoms with E-state index in [9.17, 15) is 9.59 Å². The lowest BCUT2D eigenvalue weighted by Crippen LogP contribution is -2.33. The Bertz CT molecular complexity index is 472. The molecular formula is C12H13BrN2O2. The van der Waals surface area contributed by atoms with E-state index in [1.807, 2.05) is 26.0 Å². The molecule has 2 heterocycles. The van der Waals surface area contributed by atoms with Gasteiger partial charge >= 0.3 is 0 Å². The van der Waals surface area contributed by atoms with Gasteiger partial charge in [0.2, 0.25) is 11.8 Å². The number of amides is 2. The first kappa shape index (κ1) is 12.2. The molecule has 0 spiro atoms. The van der Waals surface area contributed by atoms with Gasteiger partial charge in [-0.15, -0.1) is 0 Å². The number of hydrogen-bond donors (Lipinski definition) is 1. The molecule has 4 nitrogen and oxygen atoms in total. The van der Waals surface area contributed by atoms with Crippen LogP contribution in [0.4, 0.5) is 0 Å². The first-order chi connectivity index (χ1) is 7.93. The molecule has 0 aromatic carbocycles. The van der Waals surface area contributed by atoms with Crippen LogP contribution in [0.3, 0.4) is 0 Å². The molecule has 1 aromatic heterocycles. The van der Waals surface area contributed by atoms with Gasteiger partial charge < -0.3 is 0 Å². The van der Waals surface area contributed by atoms with Crippen molar-refractivity contribution < 1.29 is 9.59 Å². The molecule has 0 saturated carbocycles. The summed E-state index contributed by atoms with van der Waals surface area (Å²) in [6.45, 7) is 3.77. The Hall–Kier alpha value is -1.23. The minimum atomic E-state index is -0.674. The van der Waals surface area contributed by atoms with Crippen LogP contribution in [0.25, 0.3) is 0 Å². The normalized spacial score (nSPS) is 25.8. The molecule has 1 aliphatic heterocycles. The van der Waals surface area contributed by atoms with Crippen molar-refractivity contribution in [3.05, 3.63) is 28.5 Å². The molecule has 0 aliphatic carbocycles. The number of aromatic nitrogens is 1. The molecule has 1 N–H and O–H groups in total. The maximum absolute atomic E-state index is 11.8. The molecule has 5 heteroatoms. The van der Waals surface area contributed by atoms with Crippen molar-refractivity contribution in [3.63, 3.8) is 0 Å². The zero-order valence-electron chi connectivity index (χ0n) is 9.66. The maximum Gasteiger partial charge on any atom is 0.233 e. The predicted molar refractivity (Wildman–Crippen MR) is 66.2 cm³/mol. The molecule has 2 rings (SSSR count). The van der Waals surface area contributed by atoms with Crippen LogP contribution in [0.2, 0.25) is 0 Å². The number of imide groups is 1. The van der Waals surface area contributed by atoms with Crippen LogP contribution in [0.5, 0.6) is 0 Å². The molecule has 1 fully saturated rings. The van der Waals surface area contributed by atoms with E-state index in [4.69, 9.17) is 0 Å². The third-order valence-corrected chi connectivity index (χ3v) is 3.97. The van der Waals surface area contributed by atoms with Gasteiger partial charge in [0.15, 0.2) is 0 Å². The average molecular weight is 297 g/mol. The Morgan fingerprint density at radius 2 is 2.18 bits per heavy atom. The van der Waals surface area contributed by atoms with E-state index in [-0.39, 0.29) is 24.2 Å². The van der Waals surface area contributed by atoms with Crippen molar-refractivity contribution >= 4 is 27.7 Å². The summed E-state index contributed by atoms with van der Waals surface area (Å²) in [6.07, 6.45) is 1.97. The minimum Gasteiger partial charge on any atom is -0.296 e. The SMILES string of the molecule is CC(c1ccc(Br)nc1)[C@@]1(C)CC(=O)NC1=O. The van der Waals surface area contributed by atoms with Gasteiger partial charge in [0.05, 0.1) is 5.41 Å². The Balaban J connectivity index is 2.31. The van der Waals surface area contributed by atoms with Crippen molar-refractivity contribution in [3.8, 4) is 0 Å². The predicted octanol–water partition coefficient (Wildman–Crippen LogP) is 2.00. The molecule has 2 amide bonds. The number of rotatable bonds is 2. The van der Waals surface area contributed by atoms with Gasteiger partial charge in [-0.25, -0.2) is 4.98 Å². The van der Waals surface area contributed by atoms with E-state index in [0.29, 0.717) is 0 Å². The quantitative estimate of drug-likeness (QED) is 0.671. The number of halogens is 1. The second kappa shape index (κ2) is 4.22. The Labute approximate surface area is 108 Å². The molecule has 1 aromatic rings. The second-order valence-corrected chi connectivity index (χ2v) is 5.42. The summed E-state index contributed by atoms with van der Waals surface area (Å²) >= 11 is 3.27. The minimum absolute atomic E-state index is 0.0467. The number of hydrogen-bond acceptors (Lipinski definition) is 3. The number of carbonyl (C=O) groups is 2. The Morgan fingerprint density at radius 3 is 2.65 bits per heavy atom. The lowest BCUT2D eigenvalue weighted by molar-refractivity contribution is -0.128. The average Bonchev–Trinajstić information content (AvgIpc) is 2.54. The summed E-state index contributed by atoms with van der Waals surface area (Å²) in [5.74, 6) is -0.443. The van der Waals surface area contributed by atoms with Crippen LogP contribution in [0.15, 0.2) is 22.9 Å². The second-order valence-electron chi connectivity index (χ2n) is 4.61. The molecule has 0 radical (unpaired) electrons. The van der Waals surface area contributed by atoms with Crippen LogP contribution in [-0.4, -0.2) is 16.8 Å². The molecule has 17 heavy (non-hydrogen) atoms. The van der Waals surface area contributed by atoms with E-state index in [2.05, 4.69) is 26.2 Å². The van der Waals surface area contributed by atoms with Crippen molar-refractivity contribution in [2.75, 3.05) is 0 Å². The summed E-state index contributed by atoms with van der Waals surface area (Å²) in [6, 6.07) is 3.76. The van der Waals surface area contributed by atoms with Gasteiger partial charge in [0.25, 0.3) is 0 Å². The number of nitrogens with zero attached hydrogens (tertiary/aromatic N) is 1. The fraction of sp³-hybridized carbons (Fsp3) is 0.417. The van der Waals surface area contributed by atoms with Crippen LogP contribution in [-0.2, 0) is 9.59 Å². The maximum atomic E-state index is 11.8. The van der Waals surface area contributed by atoms with Gasteiger partial charge in [0.1, 0.15) is 4.60 Å². The van der Waals surface area contributed by atoms with E-state index < -0.39 is 5.41 Å². The fourth-order valence-electron chi connectivity index (χ4n) is 2.09. The highest BCUT2D eigenvalue weighted by molar-refractivity contribution is 9.10. The summed E-state index contributed by atoms with van der Waals surface area (Å²) in [7, 11) is 0. The fourth-order valence-corrected chi connectivity index (χ4v) is 2.32. The topological polar surface area (TPSA) is 59.1 Å². The van der Waals surface area contributed by atoms with Gasteiger partial charge in [0, 0.05) is 12.6 Å². The number of pyridine rings is 1. The smallest absolute Gasteiger partial charge is 0.233 e. The zero-order chi connectivity index (χ0) is 12.6. The van der Waals surface area contributed by atoms with E-state index >= 15 is 0 Å². The van der Waals surface area contributed by atoms with Gasteiger partial charge in [-0.2, -0.15) is 0 Å². The largest absolute Gasteiger partial charge is 0.296 e. The van der Waals surface area contributed by atoms with E-state index in [1.54, 1.807) is 6.20 Å². The monoisotopic (exact) mass is 296 g/mol. The molecule has 1 saturated heterocycles. The Morgan fingerprint density at radius 1 is 1.47 bits per heavy atom. The van der Waals surface area contributed by atoms with Gasteiger partial charge in [-0.05, 0) is 40.4 Å². The highest BCUT2D eigenvalue weighted by Crippen LogP contribution is 2.41. The van der Waals surface area contributed by atoms with Crippen molar-refractivity contribution in [1.29, 1.82) is 0 Å². The number of carbonyl (C=O) groups excluding carboxylic acids is 2. The third-order valence-electron chi connectivity index (χ3n) is 3.51. The van der Waals surface area contributed by atoms with E-state index in [0.717, 1.165) is 10.2 Å². The van der Waals surface area contributed by atoms with Crippen molar-refractivity contribution in [1.82, 2.24) is 10.3 Å². The lowest BCUT2D eigenvalue weighted by Gasteiger charge is -2.27. The van der Waals surface area contributed by atoms with Crippen molar-refractivity contribution in [2.45, 2.75) is 26.2 Å². The molecule has 0 bridgehead atoms. The first-order valence-electron chi connectivity index (χ1n) is 5.39. The highest BCUT2D eigenvalue weighted by Gasteiger charge is 2.47. The van der Waals surface area contributed by atoms with Crippen LogP contribution in [0.1, 0.15) is 31.7 Å². The molecular weight excluding hydrogens is 284 g/mol. The Kier molecular flexibility index (Phi) is 3.03. The number of nitrogens with one attached hydrogen (secondary N) is 1. The standard InChI is InChI=1S/C12H13BrN2O2/c1-7(8-3-4-9(13)14-6-8)12(2)5-10(16)15-11(12)17/h3-4,6-7H,5H2,1-2H3,(H,15,16,17)/t7?,12-/m1/s1. The van der Waals surface area contributed by atoms with Crippen LogP contribution in [0, 0.1) is 5.41 Å². The van der Waals surface area contributed by atoms with E-state index in [1.165, 1.54) is 0 Å². The van der Waals surface area contributed by atoms with Gasteiger partial charge in [-0.1, -0.05) is 13.0 Å². The molecule has 90 valence electrons. The molecule has 1 aliphatic rings. The summed E-state index contributed by atoms with van der Waals surface area (Å²) in [5, 5.41) is 2.36. The van der Waals surface area contributed by atoms with Crippen LogP contribution < -0.4 is 5.32 Å². The first-order valence-corrected chi connectivity index (χ1v) is 6.18. The van der Waals surface area contributed by atoms with Crippen LogP contribution >= 0.6 is 15.9 Å². The highest BCUT2D eigenvalue weighted by atomic mass is 79.9. The van der Waals surface area contributed by atoms with Gasteiger partial charge in [-0.3, -0.25) is 14.9 Å². The summed E-state index contributed by atoms with van der Waals surface area (Å²) in [4.78, 5) is 27.3. The third kappa shape index (κ3) is 2.11. The summed E-state index contributed by atoms with van der Waals surface area (Å²) in [5.41, 5.74) is 0.285.